The van der Waals surface area contributed by atoms with Crippen molar-refractivity contribution in [2.75, 3.05) is 19.8 Å². The molecule has 0 aromatic heterocycles. The van der Waals surface area contributed by atoms with Crippen LogP contribution in [-0.2, 0) is 20.1 Å². The lowest BCUT2D eigenvalue weighted by molar-refractivity contribution is 0.152. The average molecular weight is 407 g/mol. The third-order valence-electron chi connectivity index (χ3n) is 2.85. The number of nitrogens with two attached hydrogens (primary N) is 2. The molecular weight excluding hydrogens is 364 g/mol. The topological polar surface area (TPSA) is 165 Å². The Kier molecular flexibility index (Phi) is 41.4. The minimum atomic E-state index is -4.67. The fourth-order valence-electron chi connectivity index (χ4n) is 1.60. The number of aliphatic hydroxyl groups is 1. The van der Waals surface area contributed by atoms with Gasteiger partial charge in [0.05, 0.1) is 13.2 Å². The lowest BCUT2D eigenvalue weighted by Crippen LogP contribution is -1.94. The van der Waals surface area contributed by atoms with E-state index in [0.717, 1.165) is 6.42 Å². The normalized spacial score (nSPS) is 9.85. The van der Waals surface area contributed by atoms with Crippen molar-refractivity contribution in [3.63, 3.8) is 0 Å². The van der Waals surface area contributed by atoms with Crippen molar-refractivity contribution in [2.45, 2.75) is 85.0 Å². The summed E-state index contributed by atoms with van der Waals surface area (Å²) in [5.41, 5.74) is 0. The molecule has 7 N–H and O–H groups in total. The van der Waals surface area contributed by atoms with Crippen LogP contribution >= 0.6 is 0 Å². The lowest BCUT2D eigenvalue weighted by atomic mass is 10.1. The standard InChI is InChI=1S/C12H26O.2C2H7NO.H2O4S/c1-2-3-4-5-6-7-8-9-10-11-12-13;2*1-2-4-3;1-5(2,3)4/h13H,2-12H2,1H3;2*2-3H2,1H3;(H2,1,2,3,4). The molecule has 0 aromatic rings. The lowest BCUT2D eigenvalue weighted by Gasteiger charge is -2.00. The van der Waals surface area contributed by atoms with Crippen molar-refractivity contribution in [2.24, 2.45) is 11.8 Å². The molecule has 0 aromatic carbocycles. The number of hydrogen-bond acceptors (Lipinski definition) is 7. The molecule has 0 aliphatic rings. The van der Waals surface area contributed by atoms with E-state index < -0.39 is 10.4 Å². The van der Waals surface area contributed by atoms with Crippen LogP contribution in [0.25, 0.3) is 0 Å². The molecule has 9 nitrogen and oxygen atoms in total. The van der Waals surface area contributed by atoms with Gasteiger partial charge in [-0.25, -0.2) is 11.8 Å². The van der Waals surface area contributed by atoms with Gasteiger partial charge in [0.15, 0.2) is 0 Å². The van der Waals surface area contributed by atoms with E-state index in [1.54, 1.807) is 0 Å². The Labute approximate surface area is 159 Å². The second kappa shape index (κ2) is 32.4. The molecule has 0 fully saturated rings. The van der Waals surface area contributed by atoms with Crippen molar-refractivity contribution in [1.82, 2.24) is 0 Å². The maximum absolute atomic E-state index is 8.74. The first-order valence-corrected chi connectivity index (χ1v) is 10.6. The van der Waals surface area contributed by atoms with E-state index in [2.05, 4.69) is 28.4 Å². The molecular formula is C16H42N2O7S. The molecule has 26 heavy (non-hydrogen) atoms. The van der Waals surface area contributed by atoms with Crippen LogP contribution in [0.5, 0.6) is 0 Å². The first-order valence-electron chi connectivity index (χ1n) is 9.18. The average Bonchev–Trinajstić information content (AvgIpc) is 2.59. The predicted molar refractivity (Wildman–Crippen MR) is 105 cm³/mol. The second-order valence-electron chi connectivity index (χ2n) is 5.26. The maximum Gasteiger partial charge on any atom is 0.394 e. The second-order valence-corrected chi connectivity index (χ2v) is 6.16. The number of aliphatic hydroxyl groups excluding tert-OH is 1. The molecule has 0 saturated carbocycles. The molecule has 0 atom stereocenters. The summed E-state index contributed by atoms with van der Waals surface area (Å²) < 4.78 is 31.6. The van der Waals surface area contributed by atoms with Gasteiger partial charge < -0.3 is 14.8 Å². The molecule has 0 unspecified atom stereocenters. The Morgan fingerprint density at radius 2 is 0.923 bits per heavy atom. The van der Waals surface area contributed by atoms with Crippen molar-refractivity contribution in [3.8, 4) is 0 Å². The Balaban J connectivity index is -0.000000152. The first-order chi connectivity index (χ1) is 12.2. The molecule has 0 aliphatic heterocycles. The fourth-order valence-corrected chi connectivity index (χ4v) is 1.60. The number of hydrogen-bond donors (Lipinski definition) is 5. The molecule has 164 valence electrons. The van der Waals surface area contributed by atoms with E-state index in [0.29, 0.717) is 19.8 Å². The Morgan fingerprint density at radius 3 is 1.12 bits per heavy atom. The summed E-state index contributed by atoms with van der Waals surface area (Å²) in [4.78, 5) is 8.08. The SMILES string of the molecule is CCCCCCCCCCCCO.CCON.CCON.O=S(=O)(O)O. The van der Waals surface area contributed by atoms with Crippen LogP contribution < -0.4 is 11.8 Å². The van der Waals surface area contributed by atoms with Gasteiger partial charge in [-0.05, 0) is 20.3 Å². The molecule has 10 heteroatoms. The molecule has 0 amide bonds. The minimum absolute atomic E-state index is 0.372. The van der Waals surface area contributed by atoms with Gasteiger partial charge in [-0.3, -0.25) is 9.11 Å². The van der Waals surface area contributed by atoms with Gasteiger partial charge >= 0.3 is 10.4 Å². The van der Waals surface area contributed by atoms with Crippen LogP contribution in [0.1, 0.15) is 85.0 Å². The third kappa shape index (κ3) is 89.3. The Bertz CT molecular complexity index is 279. The monoisotopic (exact) mass is 406 g/mol. The summed E-state index contributed by atoms with van der Waals surface area (Å²) in [5, 5.41) is 8.57. The van der Waals surface area contributed by atoms with Crippen LogP contribution in [0.3, 0.4) is 0 Å². The van der Waals surface area contributed by atoms with E-state index in [-0.39, 0.29) is 0 Å². The number of unbranched alkanes of at least 4 members (excludes halogenated alkanes) is 9. The first kappa shape index (κ1) is 33.3. The molecule has 0 bridgehead atoms. The van der Waals surface area contributed by atoms with Crippen molar-refractivity contribution in [3.05, 3.63) is 0 Å². The van der Waals surface area contributed by atoms with E-state index in [4.69, 9.17) is 22.6 Å². The Hall–Kier alpha value is -0.330. The Morgan fingerprint density at radius 1 is 0.692 bits per heavy atom. The zero-order chi connectivity index (χ0) is 21.1. The summed E-state index contributed by atoms with van der Waals surface area (Å²) in [6, 6.07) is 0. The van der Waals surface area contributed by atoms with Crippen molar-refractivity contribution < 1.29 is 32.3 Å². The summed E-state index contributed by atoms with van der Waals surface area (Å²) >= 11 is 0. The zero-order valence-electron chi connectivity index (χ0n) is 16.7. The van der Waals surface area contributed by atoms with Crippen LogP contribution in [0.4, 0.5) is 0 Å². The van der Waals surface area contributed by atoms with E-state index in [1.165, 1.54) is 57.8 Å². The van der Waals surface area contributed by atoms with E-state index >= 15 is 0 Å². The van der Waals surface area contributed by atoms with Crippen LogP contribution in [0.2, 0.25) is 0 Å². The van der Waals surface area contributed by atoms with Crippen molar-refractivity contribution in [1.29, 1.82) is 0 Å². The fraction of sp³-hybridized carbons (Fsp3) is 1.00. The quantitative estimate of drug-likeness (QED) is 0.186. The minimum Gasteiger partial charge on any atom is -0.396 e. The van der Waals surface area contributed by atoms with Crippen molar-refractivity contribution >= 4 is 10.4 Å². The van der Waals surface area contributed by atoms with Gasteiger partial charge in [0.25, 0.3) is 0 Å². The summed E-state index contributed by atoms with van der Waals surface area (Å²) in [5.74, 6) is 9.06. The van der Waals surface area contributed by atoms with E-state index in [1.807, 2.05) is 13.8 Å². The highest BCUT2D eigenvalue weighted by Crippen LogP contribution is 2.09. The zero-order valence-corrected chi connectivity index (χ0v) is 17.5. The van der Waals surface area contributed by atoms with E-state index in [9.17, 15) is 0 Å². The van der Waals surface area contributed by atoms with Crippen LogP contribution in [-0.4, -0.2) is 42.5 Å². The molecule has 0 spiro atoms. The smallest absolute Gasteiger partial charge is 0.394 e. The van der Waals surface area contributed by atoms with Gasteiger partial charge in [-0.15, -0.1) is 0 Å². The molecule has 0 radical (unpaired) electrons. The van der Waals surface area contributed by atoms with Crippen LogP contribution in [0, 0.1) is 0 Å². The van der Waals surface area contributed by atoms with Gasteiger partial charge in [0.1, 0.15) is 0 Å². The summed E-state index contributed by atoms with van der Waals surface area (Å²) in [6.45, 7) is 7.49. The molecule has 0 saturated heterocycles. The highest BCUT2D eigenvalue weighted by atomic mass is 32.3. The predicted octanol–water partition coefficient (Wildman–Crippen LogP) is 3.04. The summed E-state index contributed by atoms with van der Waals surface area (Å²) in [7, 11) is -4.67. The largest absolute Gasteiger partial charge is 0.396 e. The van der Waals surface area contributed by atoms with Gasteiger partial charge in [-0.1, -0.05) is 64.7 Å². The van der Waals surface area contributed by atoms with Gasteiger partial charge in [0.2, 0.25) is 0 Å². The third-order valence-corrected chi connectivity index (χ3v) is 2.85. The molecule has 0 rings (SSSR count). The van der Waals surface area contributed by atoms with Gasteiger partial charge in [0, 0.05) is 6.61 Å². The highest BCUT2D eigenvalue weighted by Gasteiger charge is 1.91. The van der Waals surface area contributed by atoms with Crippen LogP contribution in [0.15, 0.2) is 0 Å². The number of rotatable bonds is 12. The van der Waals surface area contributed by atoms with Gasteiger partial charge in [-0.2, -0.15) is 8.42 Å². The molecule has 0 aliphatic carbocycles. The highest BCUT2D eigenvalue weighted by molar-refractivity contribution is 7.79. The molecule has 0 heterocycles. The summed E-state index contributed by atoms with van der Waals surface area (Å²) in [6.07, 6.45) is 13.3. The maximum atomic E-state index is 8.74.